The molecule has 0 aliphatic carbocycles. The lowest BCUT2D eigenvalue weighted by Gasteiger charge is -2.12. The summed E-state index contributed by atoms with van der Waals surface area (Å²) in [5.74, 6) is -0.405. The van der Waals surface area contributed by atoms with E-state index < -0.39 is 22.0 Å². The molecule has 166 valence electrons. The highest BCUT2D eigenvalue weighted by Crippen LogP contribution is 2.35. The average Bonchev–Trinajstić information content (AvgIpc) is 3.05. The number of carbonyl (C=O) groups is 3. The summed E-state index contributed by atoms with van der Waals surface area (Å²) >= 11 is 0.773. The lowest BCUT2D eigenvalue weighted by molar-refractivity contribution is -0.384. The van der Waals surface area contributed by atoms with Gasteiger partial charge >= 0.3 is 5.97 Å². The first kappa shape index (κ1) is 22.8. The van der Waals surface area contributed by atoms with Crippen molar-refractivity contribution in [2.24, 2.45) is 0 Å². The standard InChI is InChI=1S/C21H18N2O8S/c1-29-17-9-13(6-7-16(17)31-12-19(24)30-2)10-18-20(25)22(21(26)32-18)11-14-4-3-5-15(8-14)23(27)28/h3-10H,11-12H2,1-2H3/b18-10-. The van der Waals surface area contributed by atoms with Crippen molar-refractivity contribution < 1.29 is 33.5 Å². The number of nitro benzene ring substituents is 1. The van der Waals surface area contributed by atoms with E-state index in [1.54, 1.807) is 24.3 Å². The van der Waals surface area contributed by atoms with Crippen LogP contribution in [-0.2, 0) is 20.9 Å². The first-order valence-electron chi connectivity index (χ1n) is 9.18. The van der Waals surface area contributed by atoms with Crippen molar-refractivity contribution >= 4 is 40.6 Å². The van der Waals surface area contributed by atoms with E-state index in [2.05, 4.69) is 4.74 Å². The first-order chi connectivity index (χ1) is 15.3. The van der Waals surface area contributed by atoms with Crippen LogP contribution in [0.25, 0.3) is 6.08 Å². The van der Waals surface area contributed by atoms with E-state index >= 15 is 0 Å². The number of nitrogens with zero attached hydrogens (tertiary/aromatic N) is 2. The van der Waals surface area contributed by atoms with E-state index in [1.807, 2.05) is 0 Å². The van der Waals surface area contributed by atoms with Crippen LogP contribution in [0.15, 0.2) is 47.4 Å². The number of carbonyl (C=O) groups excluding carboxylic acids is 3. The number of nitro groups is 1. The molecule has 2 aromatic rings. The van der Waals surface area contributed by atoms with Crippen molar-refractivity contribution in [3.05, 3.63) is 68.6 Å². The van der Waals surface area contributed by atoms with Crippen molar-refractivity contribution in [2.45, 2.75) is 6.54 Å². The Morgan fingerprint density at radius 1 is 1.16 bits per heavy atom. The van der Waals surface area contributed by atoms with Crippen LogP contribution >= 0.6 is 11.8 Å². The molecule has 10 nitrogen and oxygen atoms in total. The third kappa shape index (κ3) is 5.24. The minimum Gasteiger partial charge on any atom is -0.493 e. The Morgan fingerprint density at radius 2 is 1.94 bits per heavy atom. The van der Waals surface area contributed by atoms with Crippen LogP contribution in [0.2, 0.25) is 0 Å². The maximum absolute atomic E-state index is 12.8. The van der Waals surface area contributed by atoms with E-state index in [1.165, 1.54) is 38.5 Å². The van der Waals surface area contributed by atoms with Gasteiger partial charge in [0.2, 0.25) is 0 Å². The van der Waals surface area contributed by atoms with E-state index in [0.717, 1.165) is 16.7 Å². The van der Waals surface area contributed by atoms with Crippen molar-refractivity contribution in [3.63, 3.8) is 0 Å². The number of ether oxygens (including phenoxy) is 3. The van der Waals surface area contributed by atoms with Gasteiger partial charge in [-0.1, -0.05) is 18.2 Å². The molecule has 11 heteroatoms. The second-order valence-electron chi connectivity index (χ2n) is 6.47. The van der Waals surface area contributed by atoms with Crippen LogP contribution in [0, 0.1) is 10.1 Å². The van der Waals surface area contributed by atoms with Gasteiger partial charge in [-0.3, -0.25) is 24.6 Å². The van der Waals surface area contributed by atoms with Crippen molar-refractivity contribution in [3.8, 4) is 11.5 Å². The Kier molecular flexibility index (Phi) is 7.11. The fourth-order valence-electron chi connectivity index (χ4n) is 2.83. The molecule has 0 atom stereocenters. The Morgan fingerprint density at radius 3 is 2.62 bits per heavy atom. The summed E-state index contributed by atoms with van der Waals surface area (Å²) in [6, 6.07) is 10.6. The normalized spacial score (nSPS) is 14.6. The molecular formula is C21H18N2O8S. The second-order valence-corrected chi connectivity index (χ2v) is 7.46. The molecule has 1 fully saturated rings. The topological polar surface area (TPSA) is 125 Å². The van der Waals surface area contributed by atoms with E-state index in [0.29, 0.717) is 22.6 Å². The monoisotopic (exact) mass is 458 g/mol. The minimum atomic E-state index is -0.548. The Hall–Kier alpha value is -3.86. The number of imide groups is 1. The summed E-state index contributed by atoms with van der Waals surface area (Å²) in [6.07, 6.45) is 1.53. The predicted molar refractivity (Wildman–Crippen MR) is 115 cm³/mol. The lowest BCUT2D eigenvalue weighted by atomic mass is 10.1. The molecule has 0 spiro atoms. The molecule has 0 N–H and O–H groups in total. The summed E-state index contributed by atoms with van der Waals surface area (Å²) in [7, 11) is 2.68. The van der Waals surface area contributed by atoms with E-state index in [9.17, 15) is 24.5 Å². The van der Waals surface area contributed by atoms with Gasteiger partial charge in [0, 0.05) is 12.1 Å². The van der Waals surface area contributed by atoms with Crippen LogP contribution in [0.4, 0.5) is 10.5 Å². The Labute approximate surface area is 186 Å². The fourth-order valence-corrected chi connectivity index (χ4v) is 3.67. The molecule has 1 aliphatic rings. The van der Waals surface area contributed by atoms with Gasteiger partial charge < -0.3 is 14.2 Å². The van der Waals surface area contributed by atoms with Gasteiger partial charge in [0.1, 0.15) is 0 Å². The van der Waals surface area contributed by atoms with Crippen molar-refractivity contribution in [1.29, 1.82) is 0 Å². The number of hydrogen-bond acceptors (Lipinski definition) is 9. The van der Waals surface area contributed by atoms with Gasteiger partial charge in [-0.2, -0.15) is 0 Å². The molecule has 1 aliphatic heterocycles. The highest BCUT2D eigenvalue weighted by Gasteiger charge is 2.35. The number of methoxy groups -OCH3 is 2. The molecule has 0 radical (unpaired) electrons. The van der Waals surface area contributed by atoms with Gasteiger partial charge in [-0.05, 0) is 41.1 Å². The molecule has 0 bridgehead atoms. The van der Waals surface area contributed by atoms with Gasteiger partial charge in [0.15, 0.2) is 18.1 Å². The van der Waals surface area contributed by atoms with E-state index in [4.69, 9.17) is 9.47 Å². The zero-order chi connectivity index (χ0) is 23.3. The number of thioether (sulfide) groups is 1. The molecule has 0 aromatic heterocycles. The summed E-state index contributed by atoms with van der Waals surface area (Å²) in [5, 5.41) is 10.5. The number of non-ortho nitro benzene ring substituents is 1. The van der Waals surface area contributed by atoms with Gasteiger partial charge in [-0.25, -0.2) is 4.79 Å². The maximum atomic E-state index is 12.8. The van der Waals surface area contributed by atoms with Crippen molar-refractivity contribution in [2.75, 3.05) is 20.8 Å². The first-order valence-corrected chi connectivity index (χ1v) is 10.0. The molecule has 2 amide bonds. The van der Waals surface area contributed by atoms with E-state index in [-0.39, 0.29) is 23.7 Å². The Balaban J connectivity index is 1.77. The minimum absolute atomic E-state index is 0.0761. The van der Waals surface area contributed by atoms with Crippen LogP contribution in [0.3, 0.4) is 0 Å². The molecule has 0 saturated carbocycles. The largest absolute Gasteiger partial charge is 0.493 e. The molecule has 2 aromatic carbocycles. The number of esters is 1. The highest BCUT2D eigenvalue weighted by atomic mass is 32.2. The predicted octanol–water partition coefficient (Wildman–Crippen LogP) is 3.39. The molecule has 32 heavy (non-hydrogen) atoms. The van der Waals surface area contributed by atoms with Gasteiger partial charge in [-0.15, -0.1) is 0 Å². The fraction of sp³-hybridized carbons (Fsp3) is 0.190. The highest BCUT2D eigenvalue weighted by molar-refractivity contribution is 8.18. The molecule has 3 rings (SSSR count). The maximum Gasteiger partial charge on any atom is 0.343 e. The smallest absolute Gasteiger partial charge is 0.343 e. The summed E-state index contributed by atoms with van der Waals surface area (Å²) in [4.78, 5) is 48.0. The van der Waals surface area contributed by atoms with Gasteiger partial charge in [0.25, 0.3) is 16.8 Å². The summed E-state index contributed by atoms with van der Waals surface area (Å²) < 4.78 is 15.1. The number of hydrogen-bond donors (Lipinski definition) is 0. The van der Waals surface area contributed by atoms with Crippen LogP contribution in [0.5, 0.6) is 11.5 Å². The molecule has 0 unspecified atom stereocenters. The van der Waals surface area contributed by atoms with Crippen LogP contribution < -0.4 is 9.47 Å². The molecule has 1 heterocycles. The number of amides is 2. The van der Waals surface area contributed by atoms with Crippen molar-refractivity contribution in [1.82, 2.24) is 4.90 Å². The zero-order valence-electron chi connectivity index (χ0n) is 17.1. The third-order valence-corrected chi connectivity index (χ3v) is 5.30. The quantitative estimate of drug-likeness (QED) is 0.253. The summed E-state index contributed by atoms with van der Waals surface area (Å²) in [6.45, 7) is -0.365. The van der Waals surface area contributed by atoms with Crippen LogP contribution in [-0.4, -0.2) is 47.8 Å². The Bertz CT molecular complexity index is 1110. The SMILES string of the molecule is COC(=O)COc1ccc(/C=C2\SC(=O)N(Cc3cccc([N+](=O)[O-])c3)C2=O)cc1OC. The zero-order valence-corrected chi connectivity index (χ0v) is 17.9. The number of rotatable bonds is 8. The molecular weight excluding hydrogens is 440 g/mol. The summed E-state index contributed by atoms with van der Waals surface area (Å²) in [5.41, 5.74) is 0.927. The number of benzene rings is 2. The third-order valence-electron chi connectivity index (χ3n) is 4.39. The van der Waals surface area contributed by atoms with Crippen LogP contribution in [0.1, 0.15) is 11.1 Å². The van der Waals surface area contributed by atoms with Gasteiger partial charge in [0.05, 0.1) is 30.6 Å². The molecule has 1 saturated heterocycles. The average molecular weight is 458 g/mol. The second kappa shape index (κ2) is 9.96. The lowest BCUT2D eigenvalue weighted by Crippen LogP contribution is -2.27.